The number of carbonyl (C=O) groups excluding carboxylic acids is 2. The fourth-order valence-corrected chi connectivity index (χ4v) is 2.83. The van der Waals surface area contributed by atoms with Crippen LogP contribution in [0.5, 0.6) is 0 Å². The lowest BCUT2D eigenvalue weighted by Gasteiger charge is -2.07. The van der Waals surface area contributed by atoms with E-state index in [2.05, 4.69) is 6.92 Å². The molecule has 0 aliphatic carbocycles. The Morgan fingerprint density at radius 2 is 1.25 bits per heavy atom. The van der Waals surface area contributed by atoms with Gasteiger partial charge in [-0.25, -0.2) is 9.59 Å². The molecule has 0 saturated carbocycles. The maximum Gasteiger partial charge on any atom is 0.332 e. The predicted molar refractivity (Wildman–Crippen MR) is 110 cm³/mol. The van der Waals surface area contributed by atoms with Crippen molar-refractivity contribution in [1.82, 2.24) is 0 Å². The largest absolute Gasteiger partial charge is 0.464 e. The molecule has 5 heteroatoms. The van der Waals surface area contributed by atoms with Gasteiger partial charge in [-0.2, -0.15) is 0 Å². The smallest absolute Gasteiger partial charge is 0.332 e. The molecular weight excluding hydrogens is 356 g/mol. The molecule has 28 heavy (non-hydrogen) atoms. The second-order valence-corrected chi connectivity index (χ2v) is 7.00. The fourth-order valence-electron chi connectivity index (χ4n) is 2.83. The third-order valence-electron chi connectivity index (χ3n) is 4.42. The van der Waals surface area contributed by atoms with Crippen LogP contribution in [0.4, 0.5) is 0 Å². The predicted octanol–water partition coefficient (Wildman–Crippen LogP) is 4.86. The van der Waals surface area contributed by atoms with Gasteiger partial charge in [0.2, 0.25) is 0 Å². The third kappa shape index (κ3) is 14.2. The highest BCUT2D eigenvalue weighted by Gasteiger charge is 2.07. The van der Waals surface area contributed by atoms with Crippen molar-refractivity contribution in [2.75, 3.05) is 26.4 Å². The van der Waals surface area contributed by atoms with Crippen molar-refractivity contribution in [2.45, 2.75) is 71.1 Å². The van der Waals surface area contributed by atoms with Crippen LogP contribution in [-0.4, -0.2) is 38.4 Å². The van der Waals surface area contributed by atoms with Gasteiger partial charge in [-0.15, -0.1) is 0 Å². The molecule has 1 aromatic carbocycles. The van der Waals surface area contributed by atoms with Gasteiger partial charge in [0.25, 0.3) is 0 Å². The molecule has 0 fully saturated rings. The van der Waals surface area contributed by atoms with Crippen molar-refractivity contribution in [3.63, 3.8) is 0 Å². The SMILES string of the molecule is CCCCCCCCCCOC(=O)COCC(=O)OCCCc1ccccc1. The zero-order valence-corrected chi connectivity index (χ0v) is 17.3. The minimum absolute atomic E-state index is 0.212. The van der Waals surface area contributed by atoms with Crippen LogP contribution in [0.2, 0.25) is 0 Å². The van der Waals surface area contributed by atoms with Gasteiger partial charge in [0.15, 0.2) is 0 Å². The van der Waals surface area contributed by atoms with E-state index in [1.807, 2.05) is 30.3 Å². The third-order valence-corrected chi connectivity index (χ3v) is 4.42. The van der Waals surface area contributed by atoms with Crippen LogP contribution in [0.15, 0.2) is 30.3 Å². The Bertz CT molecular complexity index is 515. The van der Waals surface area contributed by atoms with Crippen LogP contribution in [0.25, 0.3) is 0 Å². The zero-order valence-electron chi connectivity index (χ0n) is 17.3. The molecular formula is C23H36O5. The first kappa shape index (κ1) is 24.2. The number of aryl methyl sites for hydroxylation is 1. The highest BCUT2D eigenvalue weighted by atomic mass is 16.6. The normalized spacial score (nSPS) is 10.6. The number of carbonyl (C=O) groups is 2. The van der Waals surface area contributed by atoms with Crippen LogP contribution in [-0.2, 0) is 30.2 Å². The zero-order chi connectivity index (χ0) is 20.3. The van der Waals surface area contributed by atoms with Crippen LogP contribution in [0.1, 0.15) is 70.3 Å². The van der Waals surface area contributed by atoms with Crippen LogP contribution in [0.3, 0.4) is 0 Å². The summed E-state index contributed by atoms with van der Waals surface area (Å²) in [6.07, 6.45) is 11.2. The summed E-state index contributed by atoms with van der Waals surface area (Å²) in [4.78, 5) is 23.1. The molecule has 0 aliphatic heterocycles. The lowest BCUT2D eigenvalue weighted by Crippen LogP contribution is -2.19. The quantitative estimate of drug-likeness (QED) is 0.280. The highest BCUT2D eigenvalue weighted by molar-refractivity contribution is 5.73. The van der Waals surface area contributed by atoms with Crippen LogP contribution in [0, 0.1) is 0 Å². The summed E-state index contributed by atoms with van der Waals surface area (Å²) in [5, 5.41) is 0. The van der Waals surface area contributed by atoms with E-state index in [9.17, 15) is 9.59 Å². The van der Waals surface area contributed by atoms with Crippen molar-refractivity contribution in [3.8, 4) is 0 Å². The molecule has 0 aliphatic rings. The number of rotatable bonds is 17. The lowest BCUT2D eigenvalue weighted by molar-refractivity contribution is -0.155. The van der Waals surface area contributed by atoms with Gasteiger partial charge in [0.05, 0.1) is 13.2 Å². The minimum Gasteiger partial charge on any atom is -0.464 e. The molecule has 0 unspecified atom stereocenters. The molecule has 0 aromatic heterocycles. The molecule has 0 radical (unpaired) electrons. The van der Waals surface area contributed by atoms with Gasteiger partial charge in [0, 0.05) is 0 Å². The first-order chi connectivity index (χ1) is 13.7. The average molecular weight is 393 g/mol. The van der Waals surface area contributed by atoms with E-state index in [1.165, 1.54) is 44.1 Å². The Labute approximate surface area is 169 Å². The number of unbranched alkanes of at least 4 members (excludes halogenated alkanes) is 7. The lowest BCUT2D eigenvalue weighted by atomic mass is 10.1. The molecule has 5 nitrogen and oxygen atoms in total. The Hall–Kier alpha value is -1.88. The monoisotopic (exact) mass is 392 g/mol. The van der Waals surface area contributed by atoms with Crippen LogP contribution < -0.4 is 0 Å². The van der Waals surface area contributed by atoms with Gasteiger partial charge in [-0.1, -0.05) is 82.2 Å². The van der Waals surface area contributed by atoms with Crippen molar-refractivity contribution in [2.24, 2.45) is 0 Å². The minimum atomic E-state index is -0.455. The molecule has 0 saturated heterocycles. The van der Waals surface area contributed by atoms with Crippen LogP contribution >= 0.6 is 0 Å². The van der Waals surface area contributed by atoms with Gasteiger partial charge < -0.3 is 14.2 Å². The molecule has 0 amide bonds. The number of hydrogen-bond donors (Lipinski definition) is 0. The van der Waals surface area contributed by atoms with Crippen molar-refractivity contribution < 1.29 is 23.8 Å². The number of benzene rings is 1. The topological polar surface area (TPSA) is 61.8 Å². The summed E-state index contributed by atoms with van der Waals surface area (Å²) >= 11 is 0. The van der Waals surface area contributed by atoms with E-state index in [0.717, 1.165) is 25.7 Å². The van der Waals surface area contributed by atoms with Gasteiger partial charge in [-0.3, -0.25) is 0 Å². The molecule has 1 rings (SSSR count). The van der Waals surface area contributed by atoms with Crippen molar-refractivity contribution in [1.29, 1.82) is 0 Å². The van der Waals surface area contributed by atoms with E-state index in [1.54, 1.807) is 0 Å². The summed E-state index contributed by atoms with van der Waals surface area (Å²) in [5.41, 5.74) is 1.22. The first-order valence-electron chi connectivity index (χ1n) is 10.6. The summed E-state index contributed by atoms with van der Waals surface area (Å²) in [7, 11) is 0. The Balaban J connectivity index is 1.87. The standard InChI is InChI=1S/C23H36O5/c1-2-3-4-5-6-7-8-12-17-27-22(24)19-26-20-23(25)28-18-13-16-21-14-10-9-11-15-21/h9-11,14-15H,2-8,12-13,16-20H2,1H3. The maximum absolute atomic E-state index is 11.6. The Morgan fingerprint density at radius 1 is 0.714 bits per heavy atom. The average Bonchev–Trinajstić information content (AvgIpc) is 2.71. The fraction of sp³-hybridized carbons (Fsp3) is 0.652. The highest BCUT2D eigenvalue weighted by Crippen LogP contribution is 2.08. The number of hydrogen-bond acceptors (Lipinski definition) is 5. The maximum atomic E-state index is 11.6. The van der Waals surface area contributed by atoms with Gasteiger partial charge in [-0.05, 0) is 24.8 Å². The summed E-state index contributed by atoms with van der Waals surface area (Å²) < 4.78 is 15.2. The summed E-state index contributed by atoms with van der Waals surface area (Å²) in [6, 6.07) is 10.0. The van der Waals surface area contributed by atoms with E-state index < -0.39 is 11.9 Å². The van der Waals surface area contributed by atoms with E-state index in [-0.39, 0.29) is 13.2 Å². The first-order valence-corrected chi connectivity index (χ1v) is 10.6. The van der Waals surface area contributed by atoms with Crippen molar-refractivity contribution >= 4 is 11.9 Å². The number of esters is 2. The van der Waals surface area contributed by atoms with Gasteiger partial charge in [0.1, 0.15) is 13.2 Å². The Kier molecular flexibility index (Phi) is 14.9. The van der Waals surface area contributed by atoms with Gasteiger partial charge >= 0.3 is 11.9 Å². The molecule has 0 heterocycles. The van der Waals surface area contributed by atoms with E-state index in [4.69, 9.17) is 14.2 Å². The summed E-state index contributed by atoms with van der Waals surface area (Å²) in [5.74, 6) is -0.885. The molecule has 0 spiro atoms. The summed E-state index contributed by atoms with van der Waals surface area (Å²) in [6.45, 7) is 2.55. The van der Waals surface area contributed by atoms with E-state index in [0.29, 0.717) is 13.2 Å². The second kappa shape index (κ2) is 17.2. The second-order valence-electron chi connectivity index (χ2n) is 7.00. The molecule has 158 valence electrons. The molecule has 0 atom stereocenters. The Morgan fingerprint density at radius 3 is 1.86 bits per heavy atom. The molecule has 1 aromatic rings. The molecule has 0 bridgehead atoms. The molecule has 0 N–H and O–H groups in total. The number of ether oxygens (including phenoxy) is 3. The van der Waals surface area contributed by atoms with Crippen molar-refractivity contribution in [3.05, 3.63) is 35.9 Å². The van der Waals surface area contributed by atoms with E-state index >= 15 is 0 Å².